The lowest BCUT2D eigenvalue weighted by atomic mass is 9.48. The first kappa shape index (κ1) is 38.4. The van der Waals surface area contributed by atoms with Gasteiger partial charge in [-0.25, -0.2) is 4.90 Å². The molecular formula is C49H40ClN5O6. The molecule has 3 aliphatic heterocycles. The molecule has 5 aliphatic rings. The number of hydrogen-bond acceptors (Lipinski definition) is 9. The number of aromatic hydroxyl groups is 1. The Kier molecular flexibility index (Phi) is 9.25. The summed E-state index contributed by atoms with van der Waals surface area (Å²) in [6.45, 7) is 0. The number of nitrogens with zero attached hydrogens (tertiary/aromatic N) is 5. The van der Waals surface area contributed by atoms with Gasteiger partial charge in [0.15, 0.2) is 0 Å². The summed E-state index contributed by atoms with van der Waals surface area (Å²) >= 11 is 6.46. The minimum absolute atomic E-state index is 0.0703. The molecule has 1 N–H and O–H groups in total. The SMILES string of the molecule is CN(C)c1ccc(N=Nc2ccc(N3C(=O)C4CC=C5C(CC6C(=O)N(c7cccc(Cl)c7)C(=O)C6(c6ccccc6)C5C5=COc6ccc(O)cc6C5)C4C3=O)cc2)cc1. The van der Waals surface area contributed by atoms with Gasteiger partial charge in [0.25, 0.3) is 0 Å². The number of azo groups is 1. The van der Waals surface area contributed by atoms with Crippen LogP contribution in [0.1, 0.15) is 24.0 Å². The highest BCUT2D eigenvalue weighted by molar-refractivity contribution is 6.32. The molecule has 5 aromatic rings. The second kappa shape index (κ2) is 14.7. The molecule has 3 fully saturated rings. The van der Waals surface area contributed by atoms with Crippen molar-refractivity contribution >= 4 is 63.7 Å². The maximum Gasteiger partial charge on any atom is 0.246 e. The van der Waals surface area contributed by atoms with Crippen molar-refractivity contribution in [3.8, 4) is 11.5 Å². The molecule has 11 nitrogen and oxygen atoms in total. The predicted octanol–water partition coefficient (Wildman–Crippen LogP) is 9.25. The van der Waals surface area contributed by atoms with Crippen molar-refractivity contribution in [2.24, 2.45) is 39.8 Å². The van der Waals surface area contributed by atoms with Crippen LogP contribution in [0.15, 0.2) is 155 Å². The fourth-order valence-corrected chi connectivity index (χ4v) is 10.6. The molecule has 0 spiro atoms. The van der Waals surface area contributed by atoms with Crippen molar-refractivity contribution < 1.29 is 29.0 Å². The number of hydrogen-bond donors (Lipinski definition) is 1. The second-order valence-corrected chi connectivity index (χ2v) is 16.9. The molecule has 0 radical (unpaired) electrons. The molecule has 5 aromatic carbocycles. The summed E-state index contributed by atoms with van der Waals surface area (Å²) < 4.78 is 6.23. The number of carbonyl (C=O) groups excluding carboxylic acids is 4. The van der Waals surface area contributed by atoms with E-state index in [2.05, 4.69) is 10.2 Å². The fraction of sp³-hybridized carbons (Fsp3) is 0.224. The topological polar surface area (TPSA) is 132 Å². The Hall–Kier alpha value is -6.85. The minimum Gasteiger partial charge on any atom is -0.508 e. The van der Waals surface area contributed by atoms with Gasteiger partial charge in [0.1, 0.15) is 11.5 Å². The molecule has 304 valence electrons. The van der Waals surface area contributed by atoms with E-state index < -0.39 is 46.8 Å². The van der Waals surface area contributed by atoms with Crippen LogP contribution < -0.4 is 19.4 Å². The highest BCUT2D eigenvalue weighted by atomic mass is 35.5. The number of phenolic OH excluding ortho intramolecular Hbond substituents is 1. The zero-order valence-electron chi connectivity index (χ0n) is 33.3. The van der Waals surface area contributed by atoms with Crippen LogP contribution in [-0.4, -0.2) is 42.8 Å². The van der Waals surface area contributed by atoms with Crippen molar-refractivity contribution in [3.05, 3.63) is 161 Å². The van der Waals surface area contributed by atoms with E-state index in [1.54, 1.807) is 73.0 Å². The molecule has 1 saturated carbocycles. The second-order valence-electron chi connectivity index (χ2n) is 16.5. The number of ether oxygens (including phenoxy) is 1. The Labute approximate surface area is 357 Å². The number of imide groups is 2. The van der Waals surface area contributed by atoms with Crippen molar-refractivity contribution in [3.63, 3.8) is 0 Å². The number of allylic oxidation sites excluding steroid dienone is 3. The van der Waals surface area contributed by atoms with E-state index >= 15 is 9.59 Å². The monoisotopic (exact) mass is 829 g/mol. The summed E-state index contributed by atoms with van der Waals surface area (Å²) in [7, 11) is 3.93. The number of phenols is 1. The molecule has 10 rings (SSSR count). The Bertz CT molecular complexity index is 2730. The van der Waals surface area contributed by atoms with Gasteiger partial charge >= 0.3 is 0 Å². The van der Waals surface area contributed by atoms with Crippen molar-refractivity contribution in [1.82, 2.24) is 0 Å². The van der Waals surface area contributed by atoms with Crippen molar-refractivity contribution in [1.29, 1.82) is 0 Å². The Morgan fingerprint density at radius 3 is 2.18 bits per heavy atom. The lowest BCUT2D eigenvalue weighted by molar-refractivity contribution is -0.128. The van der Waals surface area contributed by atoms with Crippen LogP contribution in [0, 0.1) is 29.6 Å². The number of amides is 4. The average molecular weight is 830 g/mol. The summed E-state index contributed by atoms with van der Waals surface area (Å²) in [5.41, 5.74) is 4.55. The normalized spacial score (nSPS) is 25.4. The molecule has 12 heteroatoms. The Morgan fingerprint density at radius 2 is 1.48 bits per heavy atom. The van der Waals surface area contributed by atoms with Gasteiger partial charge in [0.05, 0.1) is 52.2 Å². The van der Waals surface area contributed by atoms with Crippen LogP contribution in [-0.2, 0) is 31.0 Å². The van der Waals surface area contributed by atoms with E-state index in [9.17, 15) is 14.7 Å². The first-order chi connectivity index (χ1) is 29.5. The quantitative estimate of drug-likeness (QED) is 0.0983. The lowest BCUT2D eigenvalue weighted by Crippen LogP contribution is -2.55. The minimum atomic E-state index is -1.44. The summed E-state index contributed by atoms with van der Waals surface area (Å²) in [5.74, 6) is -4.47. The highest BCUT2D eigenvalue weighted by Gasteiger charge is 2.70. The molecule has 2 saturated heterocycles. The standard InChI is InChI=1S/C49H40ClN5O6/c1-53(2)34-15-11-32(12-16-34)51-52-33-13-17-35(18-14-33)54-45(57)39-21-20-38-40(43(39)47(54)59)26-41-46(58)55(36-10-6-9-31(50)25-36)48(60)49(41,30-7-4-3-5-8-30)44(38)29-23-28-24-37(56)19-22-42(28)61-27-29/h3-20,22,24-25,27,39-41,43-44,56H,21,23,26H2,1-2H3. The van der Waals surface area contributed by atoms with Gasteiger partial charge in [-0.2, -0.15) is 10.2 Å². The third-order valence-electron chi connectivity index (χ3n) is 13.1. The van der Waals surface area contributed by atoms with Crippen LogP contribution in [0.5, 0.6) is 11.5 Å². The zero-order chi connectivity index (χ0) is 42.2. The number of benzene rings is 5. The lowest BCUT2D eigenvalue weighted by Gasteiger charge is -2.51. The van der Waals surface area contributed by atoms with Gasteiger partial charge in [-0.05, 0) is 115 Å². The van der Waals surface area contributed by atoms with Gasteiger partial charge in [0, 0.05) is 42.7 Å². The molecule has 6 unspecified atom stereocenters. The molecule has 0 aromatic heterocycles. The summed E-state index contributed by atoms with van der Waals surface area (Å²) in [6, 6.07) is 35.5. The number of halogens is 1. The Balaban J connectivity index is 1.05. The van der Waals surface area contributed by atoms with E-state index in [4.69, 9.17) is 16.3 Å². The molecule has 4 amide bonds. The first-order valence-corrected chi connectivity index (χ1v) is 20.7. The van der Waals surface area contributed by atoms with E-state index in [1.807, 2.05) is 79.7 Å². The average Bonchev–Trinajstić information content (AvgIpc) is 3.66. The largest absolute Gasteiger partial charge is 0.508 e. The number of anilines is 3. The Morgan fingerprint density at radius 1 is 0.754 bits per heavy atom. The van der Waals surface area contributed by atoms with E-state index in [-0.39, 0.29) is 30.4 Å². The smallest absolute Gasteiger partial charge is 0.246 e. The zero-order valence-corrected chi connectivity index (χ0v) is 34.1. The van der Waals surface area contributed by atoms with Crippen LogP contribution in [0.25, 0.3) is 0 Å². The summed E-state index contributed by atoms with van der Waals surface area (Å²) in [6.07, 6.45) is 4.43. The number of fused-ring (bicyclic) bond motifs is 5. The first-order valence-electron chi connectivity index (χ1n) is 20.3. The third kappa shape index (κ3) is 6.09. The van der Waals surface area contributed by atoms with Gasteiger partial charge in [0.2, 0.25) is 23.6 Å². The van der Waals surface area contributed by atoms with Gasteiger partial charge in [-0.15, -0.1) is 0 Å². The maximum absolute atomic E-state index is 15.6. The van der Waals surface area contributed by atoms with E-state index in [1.165, 1.54) is 9.80 Å². The number of rotatable bonds is 7. The maximum atomic E-state index is 15.6. The molecular weight excluding hydrogens is 790 g/mol. The van der Waals surface area contributed by atoms with Crippen molar-refractivity contribution in [2.45, 2.75) is 24.7 Å². The van der Waals surface area contributed by atoms with Crippen LogP contribution >= 0.6 is 11.6 Å². The molecule has 61 heavy (non-hydrogen) atoms. The van der Waals surface area contributed by atoms with Crippen molar-refractivity contribution in [2.75, 3.05) is 28.8 Å². The molecule has 2 aliphatic carbocycles. The summed E-state index contributed by atoms with van der Waals surface area (Å²) in [5, 5.41) is 19.6. The van der Waals surface area contributed by atoms with E-state index in [0.29, 0.717) is 45.5 Å². The fourth-order valence-electron chi connectivity index (χ4n) is 10.4. The predicted molar refractivity (Wildman–Crippen MR) is 231 cm³/mol. The molecule has 0 bridgehead atoms. The molecule has 3 heterocycles. The van der Waals surface area contributed by atoms with Gasteiger partial charge < -0.3 is 14.7 Å². The van der Waals surface area contributed by atoms with Gasteiger partial charge in [-0.3, -0.25) is 24.1 Å². The summed E-state index contributed by atoms with van der Waals surface area (Å²) in [4.78, 5) is 64.4. The van der Waals surface area contributed by atoms with Crippen LogP contribution in [0.2, 0.25) is 5.02 Å². The van der Waals surface area contributed by atoms with Crippen LogP contribution in [0.4, 0.5) is 28.4 Å². The third-order valence-corrected chi connectivity index (χ3v) is 13.3. The highest BCUT2D eigenvalue weighted by Crippen LogP contribution is 2.64. The van der Waals surface area contributed by atoms with Crippen LogP contribution in [0.3, 0.4) is 0 Å². The number of carbonyl (C=O) groups is 4. The molecule has 6 atom stereocenters. The van der Waals surface area contributed by atoms with Gasteiger partial charge in [-0.1, -0.05) is 59.6 Å². The van der Waals surface area contributed by atoms with E-state index in [0.717, 1.165) is 22.4 Å².